The normalized spacial score (nSPS) is 19.7. The predicted molar refractivity (Wildman–Crippen MR) is 109 cm³/mol. The molecular weight excluding hydrogens is 377 g/mol. The Bertz CT molecular complexity index is 670. The topological polar surface area (TPSA) is 147 Å². The average molecular weight is 407 g/mol. The summed E-state index contributed by atoms with van der Waals surface area (Å²) < 4.78 is 10.5. The molecule has 2 unspecified atom stereocenters. The number of rotatable bonds is 8. The first-order chi connectivity index (χ1) is 13.6. The van der Waals surface area contributed by atoms with E-state index in [0.717, 1.165) is 6.42 Å². The third kappa shape index (κ3) is 8.40. The molecule has 0 spiro atoms. The molecular formula is C17H30BN7O4. The molecule has 4 N–H and O–H groups in total. The maximum absolute atomic E-state index is 12.7. The van der Waals surface area contributed by atoms with Gasteiger partial charge in [0.2, 0.25) is 0 Å². The summed E-state index contributed by atoms with van der Waals surface area (Å²) in [7, 11) is 3.99. The van der Waals surface area contributed by atoms with Gasteiger partial charge in [-0.2, -0.15) is 0 Å². The van der Waals surface area contributed by atoms with Gasteiger partial charge in [-0.25, -0.2) is 0 Å². The first-order valence-corrected chi connectivity index (χ1v) is 9.47. The van der Waals surface area contributed by atoms with Crippen LogP contribution in [0, 0.1) is 5.41 Å². The van der Waals surface area contributed by atoms with Gasteiger partial charge in [-0.05, 0) is 6.92 Å². The molecule has 3 amide bonds. The van der Waals surface area contributed by atoms with E-state index in [-0.39, 0.29) is 49.1 Å². The molecule has 0 bridgehead atoms. The van der Waals surface area contributed by atoms with E-state index in [1.165, 1.54) is 11.8 Å². The zero-order chi connectivity index (χ0) is 22.0. The van der Waals surface area contributed by atoms with Crippen molar-refractivity contribution in [2.75, 3.05) is 33.6 Å². The number of likely N-dealkylation sites (N-methyl/N-ethyl adjacent to an activating group) is 1. The van der Waals surface area contributed by atoms with Crippen molar-refractivity contribution in [3.8, 4) is 0 Å². The van der Waals surface area contributed by atoms with Crippen molar-refractivity contribution in [3.05, 3.63) is 0 Å². The summed E-state index contributed by atoms with van der Waals surface area (Å²) in [5, 5.41) is 15.6. The number of hydrogen-bond acceptors (Lipinski definition) is 6. The van der Waals surface area contributed by atoms with E-state index in [2.05, 4.69) is 20.9 Å². The Morgan fingerprint density at radius 2 is 2.10 bits per heavy atom. The van der Waals surface area contributed by atoms with Crippen LogP contribution in [-0.4, -0.2) is 92.2 Å². The van der Waals surface area contributed by atoms with Gasteiger partial charge in [0.25, 0.3) is 0 Å². The van der Waals surface area contributed by atoms with Gasteiger partial charge < -0.3 is 4.90 Å². The van der Waals surface area contributed by atoms with Crippen LogP contribution in [-0.2, 0) is 19.1 Å². The van der Waals surface area contributed by atoms with E-state index in [9.17, 15) is 19.1 Å². The van der Waals surface area contributed by atoms with Crippen LogP contribution < -0.4 is 16.0 Å². The molecule has 29 heavy (non-hydrogen) atoms. The Morgan fingerprint density at radius 1 is 1.41 bits per heavy atom. The van der Waals surface area contributed by atoms with Gasteiger partial charge in [-0.15, -0.1) is 0 Å². The molecule has 0 aromatic heterocycles. The third-order valence-electron chi connectivity index (χ3n) is 4.62. The summed E-state index contributed by atoms with van der Waals surface area (Å²) in [4.78, 5) is 43.7. The van der Waals surface area contributed by atoms with E-state index in [0.29, 0.717) is 26.0 Å². The van der Waals surface area contributed by atoms with Crippen molar-refractivity contribution in [2.24, 2.45) is 4.99 Å². The van der Waals surface area contributed by atoms with Gasteiger partial charge in [0, 0.05) is 7.05 Å². The Kier molecular flexibility index (Phi) is 9.97. The van der Waals surface area contributed by atoms with Crippen molar-refractivity contribution >= 4 is 36.7 Å². The summed E-state index contributed by atoms with van der Waals surface area (Å²) >= 11 is 0. The fourth-order valence-corrected chi connectivity index (χ4v) is 2.80. The maximum atomic E-state index is 12.7. The minimum absolute atomic E-state index is 0.0451. The van der Waals surface area contributed by atoms with Crippen LogP contribution in [0.3, 0.4) is 0 Å². The van der Waals surface area contributed by atoms with Crippen LogP contribution in [0.4, 0.5) is 0 Å². The van der Waals surface area contributed by atoms with Gasteiger partial charge >= 0.3 is 141 Å². The second-order valence-corrected chi connectivity index (χ2v) is 7.00. The average Bonchev–Trinajstić information content (AvgIpc) is 2.73. The van der Waals surface area contributed by atoms with Gasteiger partial charge in [0.1, 0.15) is 0 Å². The van der Waals surface area contributed by atoms with Crippen molar-refractivity contribution in [2.45, 2.75) is 45.2 Å². The molecule has 0 radical (unpaired) electrons. The fraction of sp³-hybridized carbons (Fsp3) is 0.706. The molecule has 1 rings (SSSR count). The molecule has 2 atom stereocenters. The number of nitrogens with one attached hydrogen (secondary N) is 4. The zero-order valence-electron chi connectivity index (χ0n) is 17.4. The van der Waals surface area contributed by atoms with E-state index < -0.39 is 6.04 Å². The first-order valence-electron chi connectivity index (χ1n) is 9.47. The van der Waals surface area contributed by atoms with Gasteiger partial charge in [0.15, 0.2) is 0 Å². The number of nitrogens with zero attached hydrogens (tertiary/aromatic N) is 3. The number of aliphatic imine (C=N–C) groups is 1. The molecule has 0 aromatic carbocycles. The Balaban J connectivity index is 2.76. The van der Waals surface area contributed by atoms with Crippen LogP contribution >= 0.6 is 0 Å². The molecule has 1 heterocycles. The number of hydrogen-bond donors (Lipinski definition) is 4. The number of carbonyl (C=O) groups excluding carboxylic acids is 3. The van der Waals surface area contributed by atoms with Gasteiger partial charge in [-0.3, -0.25) is 5.41 Å². The fourth-order valence-electron chi connectivity index (χ4n) is 2.80. The molecule has 1 saturated heterocycles. The van der Waals surface area contributed by atoms with E-state index in [4.69, 9.17) is 5.41 Å². The molecule has 0 aromatic rings. The molecule has 1 aliphatic heterocycles. The predicted octanol–water partition coefficient (Wildman–Crippen LogP) is -1.50. The molecule has 0 aliphatic carbocycles. The summed E-state index contributed by atoms with van der Waals surface area (Å²) in [6.45, 7) is 3.62. The zero-order valence-corrected chi connectivity index (χ0v) is 17.4. The summed E-state index contributed by atoms with van der Waals surface area (Å²) in [5.74, 6) is -0.332. The van der Waals surface area contributed by atoms with Crippen LogP contribution in [0.25, 0.3) is 0 Å². The number of amidine groups is 1. The third-order valence-corrected chi connectivity index (χ3v) is 4.62. The molecule has 11 nitrogen and oxygen atoms in total. The summed E-state index contributed by atoms with van der Waals surface area (Å²) in [5.41, 5.74) is 0. The van der Waals surface area contributed by atoms with Crippen LogP contribution in [0.15, 0.2) is 4.99 Å². The van der Waals surface area contributed by atoms with E-state index in [1.807, 2.05) is 7.05 Å². The van der Waals surface area contributed by atoms with Crippen molar-refractivity contribution in [1.82, 2.24) is 25.8 Å². The SMILES string of the molecule is CC(=N)N(C)CCCC1CC(=O)N(C)C(CN=C(NCB=O)NC(C)=O)C(=O)N1. The monoisotopic (exact) mass is 407 g/mol. The van der Waals surface area contributed by atoms with Gasteiger partial charge in [-0.1, -0.05) is 0 Å². The Labute approximate surface area is 171 Å². The Hall–Kier alpha value is -2.79. The summed E-state index contributed by atoms with van der Waals surface area (Å²) in [6, 6.07) is -1.10. The Morgan fingerprint density at radius 3 is 2.69 bits per heavy atom. The molecule has 1 aliphatic rings. The van der Waals surface area contributed by atoms with Crippen LogP contribution in [0.1, 0.15) is 33.1 Å². The quantitative estimate of drug-likeness (QED) is 0.219. The number of carbonyl (C=O) groups is 3. The molecule has 0 saturated carbocycles. The molecule has 12 heteroatoms. The number of amides is 3. The second kappa shape index (κ2) is 11.9. The van der Waals surface area contributed by atoms with Crippen molar-refractivity contribution in [3.63, 3.8) is 0 Å². The van der Waals surface area contributed by atoms with Crippen LogP contribution in [0.2, 0.25) is 0 Å². The van der Waals surface area contributed by atoms with E-state index >= 15 is 0 Å². The number of guanidine groups is 1. The first kappa shape index (κ1) is 24.3. The van der Waals surface area contributed by atoms with Crippen molar-refractivity contribution in [1.29, 1.82) is 5.41 Å². The summed E-state index contributed by atoms with van der Waals surface area (Å²) in [6.07, 6.45) is 1.50. The second-order valence-electron chi connectivity index (χ2n) is 7.00. The minimum atomic E-state index is -0.819. The standard InChI is InChI=1S/C17H30BN7O4/c1-11(19)24(3)7-5-6-13-8-15(27)25(4)14(16(28)23-13)9-20-17(21-10-18-29)22-12(2)26/h13-14,19H,5-10H2,1-4H3,(H,23,28)(H2,20,21,22,26). The van der Waals surface area contributed by atoms with E-state index in [1.54, 1.807) is 18.9 Å². The van der Waals surface area contributed by atoms with Crippen molar-refractivity contribution < 1.29 is 19.1 Å². The molecule has 160 valence electrons. The van der Waals surface area contributed by atoms with Gasteiger partial charge in [0.05, 0.1) is 5.84 Å². The molecule has 1 fully saturated rings. The van der Waals surface area contributed by atoms with Crippen LogP contribution in [0.5, 0.6) is 0 Å².